The predicted molar refractivity (Wildman–Crippen MR) is 91.8 cm³/mol. The Morgan fingerprint density at radius 1 is 1.04 bits per heavy atom. The Hall–Kier alpha value is -3.15. The van der Waals surface area contributed by atoms with Crippen LogP contribution in [0.1, 0.15) is 15.9 Å². The van der Waals surface area contributed by atoms with Crippen molar-refractivity contribution >= 4 is 23.6 Å². The Balaban J connectivity index is 1.90. The smallest absolute Gasteiger partial charge is 0.269 e. The highest BCUT2D eigenvalue weighted by Crippen LogP contribution is 2.13. The van der Waals surface area contributed by atoms with Crippen LogP contribution in [0.25, 0.3) is 6.08 Å². The van der Waals surface area contributed by atoms with Crippen molar-refractivity contribution in [3.05, 3.63) is 71.6 Å². The van der Waals surface area contributed by atoms with E-state index in [2.05, 4.69) is 10.9 Å². The summed E-state index contributed by atoms with van der Waals surface area (Å²) in [5.41, 5.74) is 6.63. The standard InChI is InChI=1S/C18H18FN3O2/c1-22(2)16-5-3-4-14(12-16)18(24)21-20-17(23)11-8-13-6-9-15(19)10-7-13/h3-12H,1-2H3,(H,20,23)(H,21,24)/b11-8+. The highest BCUT2D eigenvalue weighted by Gasteiger charge is 2.07. The van der Waals surface area contributed by atoms with Crippen LogP contribution in [0.4, 0.5) is 10.1 Å². The molecule has 24 heavy (non-hydrogen) atoms. The lowest BCUT2D eigenvalue weighted by Crippen LogP contribution is -2.40. The van der Waals surface area contributed by atoms with Crippen molar-refractivity contribution in [3.63, 3.8) is 0 Å². The van der Waals surface area contributed by atoms with Gasteiger partial charge in [-0.05, 0) is 42.0 Å². The first kappa shape index (κ1) is 17.2. The fourth-order valence-electron chi connectivity index (χ4n) is 1.90. The van der Waals surface area contributed by atoms with E-state index in [1.165, 1.54) is 24.3 Å². The van der Waals surface area contributed by atoms with Crippen molar-refractivity contribution in [2.24, 2.45) is 0 Å². The molecule has 0 saturated heterocycles. The number of rotatable bonds is 4. The maximum Gasteiger partial charge on any atom is 0.269 e. The number of amides is 2. The van der Waals surface area contributed by atoms with Crippen molar-refractivity contribution in [2.45, 2.75) is 0 Å². The van der Waals surface area contributed by atoms with Gasteiger partial charge in [0.05, 0.1) is 0 Å². The monoisotopic (exact) mass is 327 g/mol. The molecule has 0 aliphatic heterocycles. The number of hydrogen-bond acceptors (Lipinski definition) is 3. The summed E-state index contributed by atoms with van der Waals surface area (Å²) in [6.45, 7) is 0. The Labute approximate surface area is 139 Å². The zero-order valence-electron chi connectivity index (χ0n) is 13.4. The average Bonchev–Trinajstić information content (AvgIpc) is 2.59. The molecule has 2 rings (SSSR count). The van der Waals surface area contributed by atoms with Crippen LogP contribution in [0.15, 0.2) is 54.6 Å². The predicted octanol–water partition coefficient (Wildman–Crippen LogP) is 2.37. The Morgan fingerprint density at radius 3 is 2.42 bits per heavy atom. The zero-order chi connectivity index (χ0) is 17.5. The van der Waals surface area contributed by atoms with Crippen LogP contribution >= 0.6 is 0 Å². The first-order chi connectivity index (χ1) is 11.5. The van der Waals surface area contributed by atoms with Crippen molar-refractivity contribution in [2.75, 3.05) is 19.0 Å². The minimum Gasteiger partial charge on any atom is -0.378 e. The van der Waals surface area contributed by atoms with Crippen LogP contribution in [0.2, 0.25) is 0 Å². The summed E-state index contributed by atoms with van der Waals surface area (Å²) < 4.78 is 12.8. The third-order valence-corrected chi connectivity index (χ3v) is 3.22. The van der Waals surface area contributed by atoms with E-state index in [4.69, 9.17) is 0 Å². The van der Waals surface area contributed by atoms with E-state index in [1.807, 2.05) is 25.1 Å². The van der Waals surface area contributed by atoms with Crippen LogP contribution in [-0.2, 0) is 4.79 Å². The van der Waals surface area contributed by atoms with Crippen LogP contribution in [-0.4, -0.2) is 25.9 Å². The van der Waals surface area contributed by atoms with E-state index in [-0.39, 0.29) is 5.82 Å². The van der Waals surface area contributed by atoms with Crippen molar-refractivity contribution in [3.8, 4) is 0 Å². The van der Waals surface area contributed by atoms with Gasteiger partial charge in [-0.2, -0.15) is 0 Å². The number of benzene rings is 2. The molecule has 2 N–H and O–H groups in total. The second-order valence-electron chi connectivity index (χ2n) is 5.27. The number of carbonyl (C=O) groups is 2. The fraction of sp³-hybridized carbons (Fsp3) is 0.111. The highest BCUT2D eigenvalue weighted by atomic mass is 19.1. The lowest BCUT2D eigenvalue weighted by atomic mass is 10.2. The summed E-state index contributed by atoms with van der Waals surface area (Å²) in [5.74, 6) is -1.25. The Kier molecular flexibility index (Phi) is 5.68. The Morgan fingerprint density at radius 2 is 1.75 bits per heavy atom. The maximum absolute atomic E-state index is 12.8. The third-order valence-electron chi connectivity index (χ3n) is 3.22. The molecular formula is C18H18FN3O2. The quantitative estimate of drug-likeness (QED) is 0.669. The molecule has 0 saturated carbocycles. The molecule has 0 radical (unpaired) electrons. The molecule has 0 fully saturated rings. The lowest BCUT2D eigenvalue weighted by Gasteiger charge is -2.13. The van der Waals surface area contributed by atoms with Crippen LogP contribution < -0.4 is 15.8 Å². The molecule has 2 aromatic rings. The van der Waals surface area contributed by atoms with E-state index in [0.29, 0.717) is 11.1 Å². The summed E-state index contributed by atoms with van der Waals surface area (Å²) in [7, 11) is 3.75. The molecule has 2 amide bonds. The average molecular weight is 327 g/mol. The second kappa shape index (κ2) is 7.92. The molecule has 0 unspecified atom stereocenters. The molecule has 0 aromatic heterocycles. The second-order valence-corrected chi connectivity index (χ2v) is 5.27. The van der Waals surface area contributed by atoms with Gasteiger partial charge in [0.25, 0.3) is 11.8 Å². The summed E-state index contributed by atoms with van der Waals surface area (Å²) in [4.78, 5) is 25.6. The van der Waals surface area contributed by atoms with Gasteiger partial charge in [-0.3, -0.25) is 20.4 Å². The number of nitrogens with zero attached hydrogens (tertiary/aromatic N) is 1. The van der Waals surface area contributed by atoms with Crippen molar-refractivity contribution in [1.29, 1.82) is 0 Å². The molecule has 6 heteroatoms. The van der Waals surface area contributed by atoms with E-state index < -0.39 is 11.8 Å². The van der Waals surface area contributed by atoms with Gasteiger partial charge in [0, 0.05) is 31.4 Å². The molecule has 0 heterocycles. The molecule has 0 bridgehead atoms. The number of nitrogens with one attached hydrogen (secondary N) is 2. The largest absolute Gasteiger partial charge is 0.378 e. The topological polar surface area (TPSA) is 61.4 Å². The van der Waals surface area contributed by atoms with E-state index >= 15 is 0 Å². The number of halogens is 1. The maximum atomic E-state index is 12.8. The molecule has 0 atom stereocenters. The van der Waals surface area contributed by atoms with Gasteiger partial charge in [0.15, 0.2) is 0 Å². The molecule has 5 nitrogen and oxygen atoms in total. The minimum atomic E-state index is -0.489. The first-order valence-electron chi connectivity index (χ1n) is 7.27. The van der Waals surface area contributed by atoms with Gasteiger partial charge in [0.1, 0.15) is 5.82 Å². The van der Waals surface area contributed by atoms with E-state index in [1.54, 1.807) is 30.3 Å². The van der Waals surface area contributed by atoms with Crippen LogP contribution in [0, 0.1) is 5.82 Å². The molecule has 0 spiro atoms. The van der Waals surface area contributed by atoms with E-state index in [0.717, 1.165) is 5.69 Å². The molecule has 124 valence electrons. The Bertz CT molecular complexity index is 755. The molecule has 2 aromatic carbocycles. The highest BCUT2D eigenvalue weighted by molar-refractivity contribution is 5.98. The van der Waals surface area contributed by atoms with Crippen LogP contribution in [0.5, 0.6) is 0 Å². The van der Waals surface area contributed by atoms with Crippen molar-refractivity contribution in [1.82, 2.24) is 10.9 Å². The summed E-state index contributed by atoms with van der Waals surface area (Å²) in [6, 6.07) is 12.7. The minimum absolute atomic E-state index is 0.344. The van der Waals surface area contributed by atoms with Crippen LogP contribution in [0.3, 0.4) is 0 Å². The zero-order valence-corrected chi connectivity index (χ0v) is 13.4. The van der Waals surface area contributed by atoms with Gasteiger partial charge >= 0.3 is 0 Å². The number of hydrogen-bond donors (Lipinski definition) is 2. The van der Waals surface area contributed by atoms with Gasteiger partial charge in [-0.1, -0.05) is 18.2 Å². The van der Waals surface area contributed by atoms with Gasteiger partial charge < -0.3 is 4.90 Å². The summed E-state index contributed by atoms with van der Waals surface area (Å²) in [5, 5.41) is 0. The summed E-state index contributed by atoms with van der Waals surface area (Å²) >= 11 is 0. The first-order valence-corrected chi connectivity index (χ1v) is 7.27. The number of hydrazine groups is 1. The van der Waals surface area contributed by atoms with Gasteiger partial charge in [-0.25, -0.2) is 4.39 Å². The SMILES string of the molecule is CN(C)c1cccc(C(=O)NNC(=O)/C=C/c2ccc(F)cc2)c1. The molecule has 0 aliphatic rings. The fourth-order valence-corrected chi connectivity index (χ4v) is 1.90. The molecular weight excluding hydrogens is 309 g/mol. The third kappa shape index (κ3) is 4.95. The number of anilines is 1. The van der Waals surface area contributed by atoms with E-state index in [9.17, 15) is 14.0 Å². The number of carbonyl (C=O) groups excluding carboxylic acids is 2. The molecule has 0 aliphatic carbocycles. The van der Waals surface area contributed by atoms with Gasteiger partial charge in [0.2, 0.25) is 0 Å². The summed E-state index contributed by atoms with van der Waals surface area (Å²) in [6.07, 6.45) is 2.78. The van der Waals surface area contributed by atoms with Crippen molar-refractivity contribution < 1.29 is 14.0 Å². The van der Waals surface area contributed by atoms with Gasteiger partial charge in [-0.15, -0.1) is 0 Å². The lowest BCUT2D eigenvalue weighted by molar-refractivity contribution is -0.117. The normalized spacial score (nSPS) is 10.5.